The average Bonchev–Trinajstić information content (AvgIpc) is 3.12. The number of aromatic nitrogens is 1. The topological polar surface area (TPSA) is 46.5 Å². The smallest absolute Gasteiger partial charge is 0.251 e. The molecule has 0 radical (unpaired) electrons. The Morgan fingerprint density at radius 2 is 1.88 bits per heavy atom. The molecule has 5 nitrogen and oxygen atoms in total. The number of anilines is 1. The SMILES string of the molecule is CCOc1ccc(-n2ccc3c2NCC(C(=O)N2CCCCC2)=C3)cc1. The van der Waals surface area contributed by atoms with Crippen LogP contribution in [0.25, 0.3) is 11.8 Å². The minimum atomic E-state index is 0.177. The molecular weight excluding hydrogens is 326 g/mol. The maximum Gasteiger partial charge on any atom is 0.251 e. The average molecular weight is 351 g/mol. The van der Waals surface area contributed by atoms with Crippen LogP contribution in [0.2, 0.25) is 0 Å². The van der Waals surface area contributed by atoms with Crippen molar-refractivity contribution in [2.75, 3.05) is 31.6 Å². The van der Waals surface area contributed by atoms with Gasteiger partial charge in [-0.05, 0) is 62.6 Å². The molecule has 0 atom stereocenters. The third kappa shape index (κ3) is 3.21. The van der Waals surface area contributed by atoms with Crippen LogP contribution in [-0.2, 0) is 4.79 Å². The number of piperidine rings is 1. The lowest BCUT2D eigenvalue weighted by Crippen LogP contribution is -2.38. The Kier molecular flexibility index (Phi) is 4.69. The third-order valence-electron chi connectivity index (χ3n) is 5.04. The predicted octanol–water partition coefficient (Wildman–Crippen LogP) is 3.70. The largest absolute Gasteiger partial charge is 0.494 e. The van der Waals surface area contributed by atoms with E-state index in [-0.39, 0.29) is 5.91 Å². The maximum atomic E-state index is 12.7. The number of amides is 1. The van der Waals surface area contributed by atoms with Crippen molar-refractivity contribution in [3.05, 3.63) is 47.7 Å². The normalized spacial score (nSPS) is 16.5. The molecule has 2 aromatic rings. The standard InChI is InChI=1S/C21H25N3O2/c1-2-26-19-8-6-18(7-9-19)24-13-10-16-14-17(15-22-20(16)24)21(25)23-11-4-3-5-12-23/h6-10,13-14,22H,2-5,11-12,15H2,1H3. The summed E-state index contributed by atoms with van der Waals surface area (Å²) in [6, 6.07) is 10.1. The first kappa shape index (κ1) is 16.8. The number of ether oxygens (including phenoxy) is 1. The minimum Gasteiger partial charge on any atom is -0.494 e. The summed E-state index contributed by atoms with van der Waals surface area (Å²) in [5, 5.41) is 3.44. The van der Waals surface area contributed by atoms with Crippen LogP contribution in [0.15, 0.2) is 42.1 Å². The van der Waals surface area contributed by atoms with Crippen molar-refractivity contribution in [1.29, 1.82) is 0 Å². The summed E-state index contributed by atoms with van der Waals surface area (Å²) in [7, 11) is 0. The van der Waals surface area contributed by atoms with Gasteiger partial charge >= 0.3 is 0 Å². The molecule has 0 aliphatic carbocycles. The Morgan fingerprint density at radius 1 is 1.12 bits per heavy atom. The van der Waals surface area contributed by atoms with Crippen LogP contribution >= 0.6 is 0 Å². The van der Waals surface area contributed by atoms with Gasteiger partial charge in [0.15, 0.2) is 0 Å². The fraction of sp³-hybridized carbons (Fsp3) is 0.381. The van der Waals surface area contributed by atoms with E-state index in [2.05, 4.69) is 16.0 Å². The van der Waals surface area contributed by atoms with Crippen molar-refractivity contribution in [3.8, 4) is 11.4 Å². The number of carbonyl (C=O) groups excluding carboxylic acids is 1. The maximum absolute atomic E-state index is 12.7. The predicted molar refractivity (Wildman–Crippen MR) is 104 cm³/mol. The highest BCUT2D eigenvalue weighted by atomic mass is 16.5. The monoisotopic (exact) mass is 351 g/mol. The number of carbonyl (C=O) groups is 1. The zero-order valence-corrected chi connectivity index (χ0v) is 15.2. The van der Waals surface area contributed by atoms with E-state index < -0.39 is 0 Å². The fourth-order valence-electron chi connectivity index (χ4n) is 3.69. The molecule has 1 aromatic carbocycles. The molecule has 2 aliphatic rings. The molecule has 5 heteroatoms. The van der Waals surface area contributed by atoms with Gasteiger partial charge in [0.2, 0.25) is 0 Å². The van der Waals surface area contributed by atoms with E-state index in [1.54, 1.807) is 0 Å². The second kappa shape index (κ2) is 7.28. The first-order valence-electron chi connectivity index (χ1n) is 9.44. The van der Waals surface area contributed by atoms with E-state index >= 15 is 0 Å². The van der Waals surface area contributed by atoms with E-state index in [1.807, 2.05) is 48.4 Å². The Morgan fingerprint density at radius 3 is 2.62 bits per heavy atom. The molecule has 136 valence electrons. The number of likely N-dealkylation sites (tertiary alicyclic amines) is 1. The molecule has 26 heavy (non-hydrogen) atoms. The van der Waals surface area contributed by atoms with Gasteiger partial charge in [0.1, 0.15) is 11.6 Å². The number of hydrogen-bond acceptors (Lipinski definition) is 3. The van der Waals surface area contributed by atoms with Crippen LogP contribution in [0.5, 0.6) is 5.75 Å². The van der Waals surface area contributed by atoms with Gasteiger partial charge in [-0.2, -0.15) is 0 Å². The summed E-state index contributed by atoms with van der Waals surface area (Å²) < 4.78 is 7.63. The highest BCUT2D eigenvalue weighted by Crippen LogP contribution is 2.29. The summed E-state index contributed by atoms with van der Waals surface area (Å²) >= 11 is 0. The Hall–Kier alpha value is -2.69. The minimum absolute atomic E-state index is 0.177. The molecule has 0 bridgehead atoms. The van der Waals surface area contributed by atoms with Gasteiger partial charge in [-0.25, -0.2) is 0 Å². The van der Waals surface area contributed by atoms with Crippen molar-refractivity contribution < 1.29 is 9.53 Å². The van der Waals surface area contributed by atoms with Crippen LogP contribution in [0.1, 0.15) is 31.7 Å². The molecule has 0 saturated carbocycles. The number of benzene rings is 1. The van der Waals surface area contributed by atoms with Crippen LogP contribution in [0.3, 0.4) is 0 Å². The molecule has 1 fully saturated rings. The number of fused-ring (bicyclic) bond motifs is 1. The summed E-state index contributed by atoms with van der Waals surface area (Å²) in [5.74, 6) is 2.08. The number of hydrogen-bond donors (Lipinski definition) is 1. The van der Waals surface area contributed by atoms with Crippen LogP contribution < -0.4 is 10.1 Å². The summed E-state index contributed by atoms with van der Waals surface area (Å²) in [6.07, 6.45) is 7.54. The molecule has 1 saturated heterocycles. The molecule has 0 unspecified atom stereocenters. The molecular formula is C21H25N3O2. The van der Waals surface area contributed by atoms with E-state index in [9.17, 15) is 4.79 Å². The molecule has 1 N–H and O–H groups in total. The summed E-state index contributed by atoms with van der Waals surface area (Å²) in [6.45, 7) is 4.99. The van der Waals surface area contributed by atoms with Gasteiger partial charge in [0, 0.05) is 42.7 Å². The Balaban J connectivity index is 1.56. The van der Waals surface area contributed by atoms with Gasteiger partial charge in [-0.1, -0.05) is 0 Å². The van der Waals surface area contributed by atoms with Gasteiger partial charge in [-0.15, -0.1) is 0 Å². The lowest BCUT2D eigenvalue weighted by molar-refractivity contribution is -0.127. The molecule has 1 aromatic heterocycles. The van der Waals surface area contributed by atoms with E-state index in [4.69, 9.17) is 4.74 Å². The lowest BCUT2D eigenvalue weighted by Gasteiger charge is -2.29. The lowest BCUT2D eigenvalue weighted by atomic mass is 10.1. The first-order chi connectivity index (χ1) is 12.8. The zero-order chi connectivity index (χ0) is 17.9. The van der Waals surface area contributed by atoms with E-state index in [0.717, 1.165) is 54.3 Å². The van der Waals surface area contributed by atoms with E-state index in [0.29, 0.717) is 13.2 Å². The molecule has 0 spiro atoms. The highest BCUT2D eigenvalue weighted by molar-refractivity contribution is 6.00. The fourth-order valence-corrected chi connectivity index (χ4v) is 3.69. The summed E-state index contributed by atoms with van der Waals surface area (Å²) in [5.41, 5.74) is 2.98. The Bertz CT molecular complexity index is 814. The van der Waals surface area contributed by atoms with Gasteiger partial charge < -0.3 is 19.5 Å². The van der Waals surface area contributed by atoms with Gasteiger partial charge in [0.05, 0.1) is 6.61 Å². The quantitative estimate of drug-likeness (QED) is 0.914. The van der Waals surface area contributed by atoms with Crippen molar-refractivity contribution in [3.63, 3.8) is 0 Å². The third-order valence-corrected chi connectivity index (χ3v) is 5.04. The van der Waals surface area contributed by atoms with Crippen molar-refractivity contribution in [2.45, 2.75) is 26.2 Å². The van der Waals surface area contributed by atoms with Crippen LogP contribution in [0, 0.1) is 0 Å². The van der Waals surface area contributed by atoms with Crippen molar-refractivity contribution in [1.82, 2.24) is 9.47 Å². The highest BCUT2D eigenvalue weighted by Gasteiger charge is 2.24. The number of nitrogens with one attached hydrogen (secondary N) is 1. The van der Waals surface area contributed by atoms with Gasteiger partial charge in [0.25, 0.3) is 5.91 Å². The second-order valence-corrected chi connectivity index (χ2v) is 6.79. The number of nitrogens with zero attached hydrogens (tertiary/aromatic N) is 2. The number of rotatable bonds is 4. The molecule has 2 aliphatic heterocycles. The van der Waals surface area contributed by atoms with Crippen molar-refractivity contribution >= 4 is 17.8 Å². The van der Waals surface area contributed by atoms with Gasteiger partial charge in [-0.3, -0.25) is 4.79 Å². The van der Waals surface area contributed by atoms with Crippen LogP contribution in [-0.4, -0.2) is 41.6 Å². The zero-order valence-electron chi connectivity index (χ0n) is 15.2. The van der Waals surface area contributed by atoms with Crippen molar-refractivity contribution in [2.24, 2.45) is 0 Å². The first-order valence-corrected chi connectivity index (χ1v) is 9.44. The molecule has 4 rings (SSSR count). The second-order valence-electron chi connectivity index (χ2n) is 6.79. The van der Waals surface area contributed by atoms with Crippen LogP contribution in [0.4, 0.5) is 5.82 Å². The molecule has 3 heterocycles. The molecule has 1 amide bonds. The summed E-state index contributed by atoms with van der Waals surface area (Å²) in [4.78, 5) is 14.7. The Labute approximate surface area is 154 Å². The van der Waals surface area contributed by atoms with E-state index in [1.165, 1.54) is 6.42 Å².